The summed E-state index contributed by atoms with van der Waals surface area (Å²) in [5.74, 6) is 0.0475. The fourth-order valence-corrected chi connectivity index (χ4v) is 6.73. The number of fused-ring (bicyclic) bond motifs is 3. The third-order valence-corrected chi connectivity index (χ3v) is 8.97. The second kappa shape index (κ2) is 7.62. The van der Waals surface area contributed by atoms with Gasteiger partial charge < -0.3 is 20.0 Å². The Bertz CT molecular complexity index is 1050. The quantitative estimate of drug-likeness (QED) is 0.760. The molecule has 1 aromatic heterocycles. The highest BCUT2D eigenvalue weighted by Gasteiger charge is 2.37. The smallest absolute Gasteiger partial charge is 0.253 e. The summed E-state index contributed by atoms with van der Waals surface area (Å²) in [4.78, 5) is 20.0. The number of amides is 1. The first-order valence-electron chi connectivity index (χ1n) is 10.8. The highest BCUT2D eigenvalue weighted by Crippen LogP contribution is 2.33. The maximum Gasteiger partial charge on any atom is 0.253 e. The van der Waals surface area contributed by atoms with Crippen molar-refractivity contribution in [1.29, 1.82) is 0 Å². The van der Waals surface area contributed by atoms with E-state index in [2.05, 4.69) is 27.6 Å². The minimum absolute atomic E-state index is 0.0577. The molecule has 2 bridgehead atoms. The van der Waals surface area contributed by atoms with Crippen molar-refractivity contribution in [2.45, 2.75) is 55.5 Å². The molecule has 2 aromatic rings. The van der Waals surface area contributed by atoms with E-state index >= 15 is 0 Å². The summed E-state index contributed by atoms with van der Waals surface area (Å²) >= 11 is 0. The maximum atomic E-state index is 13.1. The normalized spacial score (nSPS) is 31.5. The van der Waals surface area contributed by atoms with E-state index in [1.807, 2.05) is 0 Å². The predicted molar refractivity (Wildman–Crippen MR) is 113 cm³/mol. The van der Waals surface area contributed by atoms with Crippen LogP contribution in [0.2, 0.25) is 0 Å². The first-order chi connectivity index (χ1) is 14.4. The van der Waals surface area contributed by atoms with Crippen molar-refractivity contribution in [2.24, 2.45) is 0 Å². The summed E-state index contributed by atoms with van der Waals surface area (Å²) < 4.78 is 30.7. The minimum Gasteiger partial charge on any atom is -0.439 e. The van der Waals surface area contributed by atoms with Crippen molar-refractivity contribution >= 4 is 26.8 Å². The zero-order valence-electron chi connectivity index (χ0n) is 17.1. The Labute approximate surface area is 176 Å². The van der Waals surface area contributed by atoms with Crippen LogP contribution < -0.4 is 10.6 Å². The molecule has 3 aliphatic rings. The minimum atomic E-state index is -3.32. The number of benzene rings is 1. The molecule has 3 unspecified atom stereocenters. The lowest BCUT2D eigenvalue weighted by molar-refractivity contribution is 0.0463. The summed E-state index contributed by atoms with van der Waals surface area (Å²) in [6.45, 7) is 0.709. The number of carbonyl (C=O) groups is 1. The van der Waals surface area contributed by atoms with Crippen LogP contribution in [0.25, 0.3) is 11.1 Å². The van der Waals surface area contributed by atoms with Gasteiger partial charge in [0.15, 0.2) is 15.4 Å². The monoisotopic (exact) mass is 432 g/mol. The Hall–Kier alpha value is -1.97. The molecule has 3 aliphatic heterocycles. The van der Waals surface area contributed by atoms with E-state index in [0.717, 1.165) is 12.8 Å². The molecule has 1 amide bonds. The van der Waals surface area contributed by atoms with Gasteiger partial charge in [-0.3, -0.25) is 4.79 Å². The summed E-state index contributed by atoms with van der Waals surface area (Å²) in [6.07, 6.45) is 5.56. The number of rotatable bonds is 3. The second-order valence-electron chi connectivity index (χ2n) is 8.81. The molecule has 9 heteroatoms. The van der Waals surface area contributed by atoms with E-state index in [1.54, 1.807) is 18.2 Å². The Morgan fingerprint density at radius 1 is 1.27 bits per heavy atom. The van der Waals surface area contributed by atoms with Gasteiger partial charge in [0.25, 0.3) is 5.91 Å². The predicted octanol–water partition coefficient (Wildman–Crippen LogP) is 1.63. The number of carbonyl (C=O) groups excluding carboxylic acids is 1. The number of oxazole rings is 1. The zero-order chi connectivity index (χ0) is 20.9. The third-order valence-electron chi connectivity index (χ3n) is 6.96. The summed E-state index contributed by atoms with van der Waals surface area (Å²) in [5.41, 5.74) is 1.31. The molecule has 5 rings (SSSR count). The maximum absolute atomic E-state index is 13.1. The molecule has 162 valence electrons. The molecule has 3 fully saturated rings. The number of nitrogens with one attached hydrogen (secondary N) is 2. The molecular weight excluding hydrogens is 404 g/mol. The van der Waals surface area contributed by atoms with Gasteiger partial charge in [0.2, 0.25) is 5.89 Å². The average molecular weight is 433 g/mol. The largest absolute Gasteiger partial charge is 0.439 e. The van der Waals surface area contributed by atoms with Crippen molar-refractivity contribution in [1.82, 2.24) is 20.5 Å². The lowest BCUT2D eigenvalue weighted by Crippen LogP contribution is -2.55. The van der Waals surface area contributed by atoms with E-state index in [1.165, 1.54) is 19.3 Å². The Morgan fingerprint density at radius 3 is 2.77 bits per heavy atom. The van der Waals surface area contributed by atoms with Crippen LogP contribution in [0.4, 0.5) is 0 Å². The first-order valence-corrected chi connectivity index (χ1v) is 12.5. The number of sulfone groups is 1. The molecular formula is C21H28N4O4S. The number of hydrogen-bond acceptors (Lipinski definition) is 7. The van der Waals surface area contributed by atoms with Gasteiger partial charge in [-0.2, -0.15) is 0 Å². The van der Waals surface area contributed by atoms with Gasteiger partial charge in [-0.15, -0.1) is 0 Å². The van der Waals surface area contributed by atoms with Crippen LogP contribution in [0.15, 0.2) is 22.6 Å². The highest BCUT2D eigenvalue weighted by atomic mass is 32.2. The van der Waals surface area contributed by atoms with Crippen LogP contribution in [-0.2, 0) is 9.84 Å². The van der Waals surface area contributed by atoms with Crippen LogP contribution in [0.5, 0.6) is 0 Å². The number of para-hydroxylation sites is 1. The molecule has 3 saturated heterocycles. The topological polar surface area (TPSA) is 105 Å². The van der Waals surface area contributed by atoms with Gasteiger partial charge in [-0.1, -0.05) is 12.5 Å². The number of aromatic nitrogens is 1. The van der Waals surface area contributed by atoms with Crippen molar-refractivity contribution in [3.8, 4) is 0 Å². The number of nitrogens with zero attached hydrogens (tertiary/aromatic N) is 2. The SMILES string of the molecule is CN1C2CCCC1CC(NC(=O)c1cccc3oc(C4CNCCS4(=O)=O)nc13)C2. The van der Waals surface area contributed by atoms with Crippen LogP contribution in [-0.4, -0.2) is 68.2 Å². The molecule has 0 saturated carbocycles. The lowest BCUT2D eigenvalue weighted by atomic mass is 9.82. The Balaban J connectivity index is 1.39. The Morgan fingerprint density at radius 2 is 2.03 bits per heavy atom. The fraction of sp³-hybridized carbons (Fsp3) is 0.619. The molecule has 0 aliphatic carbocycles. The molecule has 1 aromatic carbocycles. The molecule has 4 heterocycles. The van der Waals surface area contributed by atoms with Gasteiger partial charge in [0.1, 0.15) is 10.8 Å². The van der Waals surface area contributed by atoms with Gasteiger partial charge in [0, 0.05) is 31.2 Å². The van der Waals surface area contributed by atoms with E-state index in [4.69, 9.17) is 4.42 Å². The van der Waals surface area contributed by atoms with Gasteiger partial charge in [-0.05, 0) is 44.9 Å². The van der Waals surface area contributed by atoms with Crippen LogP contribution in [0.3, 0.4) is 0 Å². The molecule has 0 radical (unpaired) electrons. The lowest BCUT2D eigenvalue weighted by Gasteiger charge is -2.47. The summed E-state index contributed by atoms with van der Waals surface area (Å²) in [5, 5.41) is 5.47. The summed E-state index contributed by atoms with van der Waals surface area (Å²) in [7, 11) is -1.13. The van der Waals surface area contributed by atoms with Crippen molar-refractivity contribution in [3.05, 3.63) is 29.7 Å². The van der Waals surface area contributed by atoms with E-state index < -0.39 is 15.1 Å². The van der Waals surface area contributed by atoms with Crippen LogP contribution >= 0.6 is 0 Å². The average Bonchev–Trinajstić information content (AvgIpc) is 3.12. The van der Waals surface area contributed by atoms with Crippen LogP contribution in [0, 0.1) is 0 Å². The third kappa shape index (κ3) is 3.52. The van der Waals surface area contributed by atoms with E-state index in [-0.39, 0.29) is 30.1 Å². The zero-order valence-corrected chi connectivity index (χ0v) is 18.0. The molecule has 0 spiro atoms. The van der Waals surface area contributed by atoms with Gasteiger partial charge in [-0.25, -0.2) is 13.4 Å². The molecule has 8 nitrogen and oxygen atoms in total. The summed E-state index contributed by atoms with van der Waals surface area (Å²) in [6, 6.07) is 6.42. The van der Waals surface area contributed by atoms with Crippen molar-refractivity contribution in [2.75, 3.05) is 25.9 Å². The first kappa shape index (κ1) is 20.0. The Kier molecular flexibility index (Phi) is 5.07. The number of hydrogen-bond donors (Lipinski definition) is 2. The van der Waals surface area contributed by atoms with E-state index in [9.17, 15) is 13.2 Å². The van der Waals surface area contributed by atoms with Crippen molar-refractivity contribution < 1.29 is 17.6 Å². The second-order valence-corrected chi connectivity index (χ2v) is 11.1. The highest BCUT2D eigenvalue weighted by molar-refractivity contribution is 7.91. The van der Waals surface area contributed by atoms with Gasteiger partial charge >= 0.3 is 0 Å². The number of piperidine rings is 2. The van der Waals surface area contributed by atoms with E-state index in [0.29, 0.717) is 35.3 Å². The van der Waals surface area contributed by atoms with Crippen molar-refractivity contribution in [3.63, 3.8) is 0 Å². The van der Waals surface area contributed by atoms with Crippen LogP contribution in [0.1, 0.15) is 53.6 Å². The standard InChI is InChI=1S/C21H28N4O4S/c1-25-14-4-2-5-15(25)11-13(10-14)23-20(26)16-6-3-7-17-19(16)24-21(29-17)18-12-22-8-9-30(18,27)28/h3,6-7,13-15,18,22H,2,4-5,8-12H2,1H3,(H,23,26). The molecule has 2 N–H and O–H groups in total. The molecule has 3 atom stereocenters. The fourth-order valence-electron chi connectivity index (χ4n) is 5.24. The molecule has 30 heavy (non-hydrogen) atoms. The van der Waals surface area contributed by atoms with Gasteiger partial charge in [0.05, 0.1) is 11.3 Å².